The zero-order valence-corrected chi connectivity index (χ0v) is 8.53. The highest BCUT2D eigenvalue weighted by molar-refractivity contribution is 14.1. The van der Waals surface area contributed by atoms with Gasteiger partial charge in [-0.1, -0.05) is 0 Å². The number of rotatable bonds is 2. The third-order valence-corrected chi connectivity index (χ3v) is 1.90. The fraction of sp³-hybridized carbons (Fsp3) is 0.167. The molecule has 0 atom stereocenters. The van der Waals surface area contributed by atoms with Crippen LogP contribution in [-0.4, -0.2) is 9.91 Å². The summed E-state index contributed by atoms with van der Waals surface area (Å²) in [5.74, 6) is -2.45. The number of hydrogen-bond donors (Lipinski definition) is 0. The molecule has 0 aliphatic carbocycles. The van der Waals surface area contributed by atoms with Crippen molar-refractivity contribution >= 4 is 28.4 Å². The molecule has 8 heteroatoms. The Hall–Kier alpha value is -0.930. The summed E-state index contributed by atoms with van der Waals surface area (Å²) in [4.78, 5) is 12.4. The minimum absolute atomic E-state index is 0.0452. The summed E-state index contributed by atoms with van der Waals surface area (Å²) < 4.78 is 37.2. The van der Waals surface area contributed by atoms with Crippen molar-refractivity contribution in [2.24, 2.45) is 0 Å². The molecule has 0 N–H and O–H groups in total. The van der Waals surface area contributed by atoms with Crippen LogP contribution >= 0.6 is 22.6 Å². The molecule has 1 aromatic rings. The molecule has 1 rings (SSSR count). The number of aromatic nitrogens is 1. The van der Waals surface area contributed by atoms with Gasteiger partial charge in [0.25, 0.3) is 6.43 Å². The van der Waals surface area contributed by atoms with Gasteiger partial charge in [-0.3, -0.25) is 0 Å². The number of halogens is 4. The second kappa shape index (κ2) is 4.07. The minimum Gasteiger partial charge on any atom is -0.358 e. The molecule has 0 unspecified atom stereocenters. The molecule has 0 bridgehead atoms. The predicted molar refractivity (Wildman–Crippen MR) is 48.5 cm³/mol. The van der Waals surface area contributed by atoms with Crippen LogP contribution in [-0.2, 0) is 0 Å². The zero-order valence-electron chi connectivity index (χ0n) is 6.38. The fourth-order valence-electron chi connectivity index (χ4n) is 0.824. The molecule has 0 spiro atoms. The monoisotopic (exact) mass is 318 g/mol. The molecule has 0 fully saturated rings. The molecule has 14 heavy (non-hydrogen) atoms. The predicted octanol–water partition coefficient (Wildman–Crippen LogP) is 2.67. The van der Waals surface area contributed by atoms with E-state index in [2.05, 4.69) is 4.98 Å². The van der Waals surface area contributed by atoms with Crippen LogP contribution in [0.2, 0.25) is 0 Å². The van der Waals surface area contributed by atoms with Gasteiger partial charge in [0.15, 0.2) is 5.56 Å². The number of nitro groups is 1. The smallest absolute Gasteiger partial charge is 0.358 e. The van der Waals surface area contributed by atoms with Crippen LogP contribution in [0, 0.1) is 19.6 Å². The molecular formula is C6H2F3IN2O2. The molecule has 0 aliphatic rings. The van der Waals surface area contributed by atoms with Crippen molar-refractivity contribution < 1.29 is 18.1 Å². The minimum atomic E-state index is -3.25. The Balaban J connectivity index is 3.44. The molecule has 0 aliphatic heterocycles. The van der Waals surface area contributed by atoms with Gasteiger partial charge in [-0.25, -0.2) is 13.2 Å². The van der Waals surface area contributed by atoms with E-state index in [-0.39, 0.29) is 3.70 Å². The Morgan fingerprint density at radius 1 is 1.57 bits per heavy atom. The number of nitrogens with zero attached hydrogens (tertiary/aromatic N) is 2. The molecule has 1 heterocycles. The van der Waals surface area contributed by atoms with Gasteiger partial charge >= 0.3 is 5.82 Å². The van der Waals surface area contributed by atoms with E-state index in [9.17, 15) is 23.3 Å². The van der Waals surface area contributed by atoms with Crippen LogP contribution in [0.1, 0.15) is 12.0 Å². The van der Waals surface area contributed by atoms with Gasteiger partial charge in [-0.05, 0) is 9.91 Å². The first-order chi connectivity index (χ1) is 6.43. The van der Waals surface area contributed by atoms with Crippen molar-refractivity contribution in [1.29, 1.82) is 0 Å². The van der Waals surface area contributed by atoms with E-state index in [1.807, 2.05) is 0 Å². The second-order valence-corrected chi connectivity index (χ2v) is 3.33. The van der Waals surface area contributed by atoms with Crippen LogP contribution in [0.15, 0.2) is 6.07 Å². The Bertz CT molecular complexity index is 386. The fourth-order valence-corrected chi connectivity index (χ4v) is 1.33. The van der Waals surface area contributed by atoms with Gasteiger partial charge in [0.2, 0.25) is 3.70 Å². The van der Waals surface area contributed by atoms with Crippen LogP contribution < -0.4 is 0 Å². The van der Waals surface area contributed by atoms with Crippen molar-refractivity contribution in [3.8, 4) is 0 Å². The lowest BCUT2D eigenvalue weighted by atomic mass is 10.2. The molecule has 0 saturated heterocycles. The first-order valence-electron chi connectivity index (χ1n) is 3.22. The van der Waals surface area contributed by atoms with Crippen molar-refractivity contribution in [3.63, 3.8) is 0 Å². The number of pyridine rings is 1. The first kappa shape index (κ1) is 11.1. The normalized spacial score (nSPS) is 10.6. The third kappa shape index (κ3) is 2.11. The lowest BCUT2D eigenvalue weighted by molar-refractivity contribution is -0.391. The summed E-state index contributed by atoms with van der Waals surface area (Å²) in [5, 5.41) is 10.3. The lowest BCUT2D eigenvalue weighted by Crippen LogP contribution is -2.03. The van der Waals surface area contributed by atoms with Crippen LogP contribution in [0.25, 0.3) is 0 Å². The molecule has 76 valence electrons. The molecular weight excluding hydrogens is 316 g/mol. The summed E-state index contributed by atoms with van der Waals surface area (Å²) in [6.45, 7) is 0. The van der Waals surface area contributed by atoms with E-state index in [4.69, 9.17) is 0 Å². The van der Waals surface area contributed by atoms with Crippen molar-refractivity contribution in [2.75, 3.05) is 0 Å². The Morgan fingerprint density at radius 2 is 2.14 bits per heavy atom. The van der Waals surface area contributed by atoms with Gasteiger partial charge < -0.3 is 10.1 Å². The van der Waals surface area contributed by atoms with E-state index in [0.717, 1.165) is 6.07 Å². The maximum atomic E-state index is 12.9. The van der Waals surface area contributed by atoms with E-state index in [1.165, 1.54) is 22.6 Å². The van der Waals surface area contributed by atoms with E-state index in [0.29, 0.717) is 0 Å². The summed E-state index contributed by atoms with van der Waals surface area (Å²) in [6.07, 6.45) is -3.25. The van der Waals surface area contributed by atoms with Gasteiger partial charge in [0, 0.05) is 28.7 Å². The average molecular weight is 318 g/mol. The molecule has 0 radical (unpaired) electrons. The van der Waals surface area contributed by atoms with E-state index < -0.39 is 28.5 Å². The second-order valence-electron chi connectivity index (χ2n) is 2.22. The maximum Gasteiger partial charge on any atom is 0.376 e. The lowest BCUT2D eigenvalue weighted by Gasteiger charge is -2.02. The van der Waals surface area contributed by atoms with Crippen LogP contribution in [0.5, 0.6) is 0 Å². The average Bonchev–Trinajstić information content (AvgIpc) is 2.01. The molecule has 0 amide bonds. The van der Waals surface area contributed by atoms with Crippen molar-refractivity contribution in [2.45, 2.75) is 6.43 Å². The SMILES string of the molecule is O=[N+]([O-])c1nc(I)cc(F)c1C(F)F. The maximum absolute atomic E-state index is 12.9. The summed E-state index contributed by atoms with van der Waals surface area (Å²) in [6, 6.07) is 0.717. The Labute approximate surface area is 89.4 Å². The Kier molecular flexibility index (Phi) is 3.24. The standard InChI is InChI=1S/C6H2F3IN2O2/c7-2-1-3(10)11-6(12(13)14)4(2)5(8)9/h1,5H. The quantitative estimate of drug-likeness (QED) is 0.365. The Morgan fingerprint density at radius 3 is 2.57 bits per heavy atom. The number of alkyl halides is 2. The topological polar surface area (TPSA) is 56.0 Å². The van der Waals surface area contributed by atoms with Gasteiger partial charge in [0.05, 0.1) is 0 Å². The third-order valence-electron chi connectivity index (χ3n) is 1.35. The zero-order chi connectivity index (χ0) is 10.9. The highest BCUT2D eigenvalue weighted by atomic mass is 127. The summed E-state index contributed by atoms with van der Waals surface area (Å²) in [7, 11) is 0. The molecule has 4 nitrogen and oxygen atoms in total. The summed E-state index contributed by atoms with van der Waals surface area (Å²) in [5.41, 5.74) is -1.27. The van der Waals surface area contributed by atoms with E-state index >= 15 is 0 Å². The highest BCUT2D eigenvalue weighted by Gasteiger charge is 2.28. The molecule has 0 aromatic carbocycles. The van der Waals surface area contributed by atoms with Crippen molar-refractivity contribution in [3.05, 3.63) is 31.3 Å². The first-order valence-corrected chi connectivity index (χ1v) is 4.30. The van der Waals surface area contributed by atoms with Gasteiger partial charge in [-0.2, -0.15) is 0 Å². The van der Waals surface area contributed by atoms with Crippen LogP contribution in [0.3, 0.4) is 0 Å². The largest absolute Gasteiger partial charge is 0.376 e. The number of hydrogen-bond acceptors (Lipinski definition) is 3. The van der Waals surface area contributed by atoms with Crippen molar-refractivity contribution in [1.82, 2.24) is 4.98 Å². The highest BCUT2D eigenvalue weighted by Crippen LogP contribution is 2.30. The van der Waals surface area contributed by atoms with Gasteiger partial charge in [0.1, 0.15) is 5.82 Å². The summed E-state index contributed by atoms with van der Waals surface area (Å²) >= 11 is 1.50. The van der Waals surface area contributed by atoms with E-state index in [1.54, 1.807) is 0 Å². The van der Waals surface area contributed by atoms with Gasteiger partial charge in [-0.15, -0.1) is 0 Å². The molecule has 1 aromatic heterocycles. The van der Waals surface area contributed by atoms with Crippen LogP contribution in [0.4, 0.5) is 19.0 Å². The molecule has 0 saturated carbocycles.